The first-order valence-corrected chi connectivity index (χ1v) is 15.4. The molecule has 7 nitrogen and oxygen atoms in total. The molecule has 9 heteroatoms. The highest BCUT2D eigenvalue weighted by atomic mass is 79.9. The highest BCUT2D eigenvalue weighted by molar-refractivity contribution is 9.10. The van der Waals surface area contributed by atoms with Gasteiger partial charge in [0, 0.05) is 24.5 Å². The van der Waals surface area contributed by atoms with E-state index in [9.17, 15) is 18.0 Å². The van der Waals surface area contributed by atoms with E-state index in [1.807, 2.05) is 61.5 Å². The number of amides is 2. The van der Waals surface area contributed by atoms with Gasteiger partial charge in [-0.2, -0.15) is 0 Å². The van der Waals surface area contributed by atoms with Crippen molar-refractivity contribution in [1.82, 2.24) is 10.2 Å². The lowest BCUT2D eigenvalue weighted by Crippen LogP contribution is -2.53. The fourth-order valence-electron chi connectivity index (χ4n) is 4.58. The molecule has 4 rings (SSSR count). The molecule has 0 radical (unpaired) electrons. The van der Waals surface area contributed by atoms with Crippen molar-refractivity contribution in [1.29, 1.82) is 0 Å². The Kier molecular flexibility index (Phi) is 9.96. The summed E-state index contributed by atoms with van der Waals surface area (Å²) in [6.07, 6.45) is 0.266. The van der Waals surface area contributed by atoms with Gasteiger partial charge >= 0.3 is 0 Å². The van der Waals surface area contributed by atoms with Crippen molar-refractivity contribution in [2.75, 3.05) is 17.9 Å². The first-order valence-electron chi connectivity index (χ1n) is 13.1. The largest absolute Gasteiger partial charge is 0.357 e. The third-order valence-corrected chi connectivity index (χ3v) is 8.99. The van der Waals surface area contributed by atoms with Crippen molar-refractivity contribution < 1.29 is 18.0 Å². The lowest BCUT2D eigenvalue weighted by molar-refractivity contribution is -0.139. The maximum atomic E-state index is 14.2. The molecular weight excluding hydrogens is 602 g/mol. The average molecular weight is 635 g/mol. The smallest absolute Gasteiger partial charge is 0.264 e. The molecule has 0 fully saturated rings. The molecule has 0 bridgehead atoms. The van der Waals surface area contributed by atoms with E-state index < -0.39 is 28.5 Å². The van der Waals surface area contributed by atoms with Crippen molar-refractivity contribution in [2.24, 2.45) is 0 Å². The van der Waals surface area contributed by atoms with E-state index >= 15 is 0 Å². The number of hydrogen-bond donors (Lipinski definition) is 1. The van der Waals surface area contributed by atoms with Crippen molar-refractivity contribution in [3.05, 3.63) is 130 Å². The number of aryl methyl sites for hydroxylation is 1. The molecular formula is C32H32BrN3O4S. The van der Waals surface area contributed by atoms with Crippen molar-refractivity contribution in [3.8, 4) is 0 Å². The normalized spacial score (nSPS) is 11.9. The van der Waals surface area contributed by atoms with E-state index in [0.29, 0.717) is 5.69 Å². The molecule has 0 aliphatic rings. The molecule has 212 valence electrons. The molecule has 0 heterocycles. The number of nitrogens with one attached hydrogen (secondary N) is 1. The number of benzene rings is 4. The second kappa shape index (κ2) is 13.6. The quantitative estimate of drug-likeness (QED) is 0.242. The van der Waals surface area contributed by atoms with Gasteiger partial charge in [-0.15, -0.1) is 0 Å². The zero-order valence-electron chi connectivity index (χ0n) is 22.9. The zero-order chi connectivity index (χ0) is 29.4. The topological polar surface area (TPSA) is 86.8 Å². The van der Waals surface area contributed by atoms with Crippen LogP contribution in [0, 0.1) is 6.92 Å². The van der Waals surface area contributed by atoms with E-state index in [-0.39, 0.29) is 23.8 Å². The Morgan fingerprint density at radius 2 is 1.44 bits per heavy atom. The molecule has 4 aromatic rings. The summed E-state index contributed by atoms with van der Waals surface area (Å²) in [6.45, 7) is 1.59. The van der Waals surface area contributed by atoms with Gasteiger partial charge < -0.3 is 10.2 Å². The first kappa shape index (κ1) is 30.0. The summed E-state index contributed by atoms with van der Waals surface area (Å²) in [5.41, 5.74) is 3.06. The summed E-state index contributed by atoms with van der Waals surface area (Å²) in [5.74, 6) is -0.838. The summed E-state index contributed by atoms with van der Waals surface area (Å²) in [4.78, 5) is 29.1. The van der Waals surface area contributed by atoms with E-state index in [0.717, 1.165) is 25.5 Å². The molecule has 41 heavy (non-hydrogen) atoms. The third-order valence-electron chi connectivity index (χ3n) is 6.68. The molecule has 0 aromatic heterocycles. The molecule has 0 aliphatic heterocycles. The summed E-state index contributed by atoms with van der Waals surface area (Å²) >= 11 is 3.39. The monoisotopic (exact) mass is 633 g/mol. The Morgan fingerprint density at radius 1 is 0.829 bits per heavy atom. The van der Waals surface area contributed by atoms with Gasteiger partial charge in [0.05, 0.1) is 10.6 Å². The molecule has 0 unspecified atom stereocenters. The van der Waals surface area contributed by atoms with Crippen LogP contribution in [-0.4, -0.2) is 44.8 Å². The van der Waals surface area contributed by atoms with Gasteiger partial charge in [0.1, 0.15) is 12.6 Å². The highest BCUT2D eigenvalue weighted by Crippen LogP contribution is 2.26. The van der Waals surface area contributed by atoms with Crippen LogP contribution in [0.25, 0.3) is 0 Å². The molecule has 2 amide bonds. The van der Waals surface area contributed by atoms with Crippen LogP contribution in [0.3, 0.4) is 0 Å². The lowest BCUT2D eigenvalue weighted by atomic mass is 10.0. The van der Waals surface area contributed by atoms with Gasteiger partial charge in [0.25, 0.3) is 10.0 Å². The predicted octanol–water partition coefficient (Wildman–Crippen LogP) is 5.34. The van der Waals surface area contributed by atoms with E-state index in [1.165, 1.54) is 24.1 Å². The van der Waals surface area contributed by atoms with Gasteiger partial charge in [0.15, 0.2) is 0 Å². The van der Waals surface area contributed by atoms with Crippen LogP contribution in [0.15, 0.2) is 119 Å². The Balaban J connectivity index is 1.78. The average Bonchev–Trinajstić information content (AvgIpc) is 2.98. The van der Waals surface area contributed by atoms with Crippen molar-refractivity contribution in [3.63, 3.8) is 0 Å². The molecule has 1 N–H and O–H groups in total. The zero-order valence-corrected chi connectivity index (χ0v) is 25.3. The number of halogens is 1. The third kappa shape index (κ3) is 7.62. The maximum absolute atomic E-state index is 14.2. The Labute approximate surface area is 250 Å². The van der Waals surface area contributed by atoms with Crippen LogP contribution < -0.4 is 9.62 Å². The van der Waals surface area contributed by atoms with E-state index in [1.54, 1.807) is 42.5 Å². The molecule has 0 aliphatic carbocycles. The van der Waals surface area contributed by atoms with Crippen molar-refractivity contribution in [2.45, 2.75) is 30.8 Å². The molecule has 1 atom stereocenters. The summed E-state index contributed by atoms with van der Waals surface area (Å²) in [7, 11) is -2.58. The number of hydrogen-bond acceptors (Lipinski definition) is 4. The molecule has 0 saturated heterocycles. The Hall–Kier alpha value is -3.95. The molecule has 0 saturated carbocycles. The standard InChI is InChI=1S/C32H32BrN3O4S/c1-24-10-9-13-26(20-24)22-35(30(32(38)34-2)21-25-11-5-3-6-12-25)31(37)23-36(28-18-16-27(33)17-19-28)41(39,40)29-14-7-4-8-15-29/h3-20,30H,21-23H2,1-2H3,(H,34,38)/t30-/m0/s1. The minimum absolute atomic E-state index is 0.0630. The van der Waals surface area contributed by atoms with Crippen LogP contribution in [0.2, 0.25) is 0 Å². The minimum Gasteiger partial charge on any atom is -0.357 e. The highest BCUT2D eigenvalue weighted by Gasteiger charge is 2.34. The first-order chi connectivity index (χ1) is 19.7. The molecule has 0 spiro atoms. The van der Waals surface area contributed by atoms with Crippen LogP contribution in [0.5, 0.6) is 0 Å². The Morgan fingerprint density at radius 3 is 2.05 bits per heavy atom. The van der Waals surface area contributed by atoms with Gasteiger partial charge in [-0.25, -0.2) is 8.42 Å². The summed E-state index contributed by atoms with van der Waals surface area (Å²) in [6, 6.07) is 31.0. The summed E-state index contributed by atoms with van der Waals surface area (Å²) in [5, 5.41) is 2.70. The summed E-state index contributed by atoms with van der Waals surface area (Å²) < 4.78 is 29.7. The number of anilines is 1. The number of likely N-dealkylation sites (N-methyl/N-ethyl adjacent to an activating group) is 1. The van der Waals surface area contributed by atoms with E-state index in [2.05, 4.69) is 21.2 Å². The van der Waals surface area contributed by atoms with Gasteiger partial charge in [-0.1, -0.05) is 94.3 Å². The minimum atomic E-state index is -4.12. The van der Waals surface area contributed by atoms with Crippen LogP contribution in [0.1, 0.15) is 16.7 Å². The van der Waals surface area contributed by atoms with Gasteiger partial charge in [-0.3, -0.25) is 13.9 Å². The van der Waals surface area contributed by atoms with Crippen LogP contribution in [-0.2, 0) is 32.6 Å². The van der Waals surface area contributed by atoms with Crippen LogP contribution in [0.4, 0.5) is 5.69 Å². The van der Waals surface area contributed by atoms with Gasteiger partial charge in [0.2, 0.25) is 11.8 Å². The SMILES string of the molecule is CNC(=O)[C@H](Cc1ccccc1)N(Cc1cccc(C)c1)C(=O)CN(c1ccc(Br)cc1)S(=O)(=O)c1ccccc1. The number of nitrogens with zero attached hydrogens (tertiary/aromatic N) is 2. The number of sulfonamides is 1. The Bertz CT molecular complexity index is 1580. The van der Waals surface area contributed by atoms with Crippen LogP contribution >= 0.6 is 15.9 Å². The fourth-order valence-corrected chi connectivity index (χ4v) is 6.28. The number of carbonyl (C=O) groups excluding carboxylic acids is 2. The second-order valence-electron chi connectivity index (χ2n) is 9.63. The maximum Gasteiger partial charge on any atom is 0.264 e. The van der Waals surface area contributed by atoms with E-state index in [4.69, 9.17) is 0 Å². The fraction of sp³-hybridized carbons (Fsp3) is 0.188. The van der Waals surface area contributed by atoms with Gasteiger partial charge in [-0.05, 0) is 54.4 Å². The predicted molar refractivity (Wildman–Crippen MR) is 165 cm³/mol. The number of rotatable bonds is 11. The molecule has 4 aromatic carbocycles. The lowest BCUT2D eigenvalue weighted by Gasteiger charge is -2.33. The second-order valence-corrected chi connectivity index (χ2v) is 12.4. The van der Waals surface area contributed by atoms with Crippen molar-refractivity contribution >= 4 is 43.5 Å². The number of carbonyl (C=O) groups is 2.